The van der Waals surface area contributed by atoms with Crippen LogP contribution in [0.4, 0.5) is 10.1 Å². The van der Waals surface area contributed by atoms with Crippen molar-refractivity contribution in [3.05, 3.63) is 60.3 Å². The van der Waals surface area contributed by atoms with Gasteiger partial charge in [0.2, 0.25) is 5.91 Å². The molecule has 6 aromatic heterocycles. The number of carbonyl (C=O) groups is 1. The zero-order valence-electron chi connectivity index (χ0n) is 19.9. The van der Waals surface area contributed by atoms with Crippen LogP contribution in [-0.2, 0) is 4.79 Å². The first-order valence-corrected chi connectivity index (χ1v) is 12.5. The summed E-state index contributed by atoms with van der Waals surface area (Å²) >= 11 is 1.02. The third kappa shape index (κ3) is 4.45. The number of aromatic amines is 2. The Morgan fingerprint density at radius 2 is 1.95 bits per heavy atom. The minimum atomic E-state index is -0.278. The van der Waals surface area contributed by atoms with Crippen LogP contribution >= 0.6 is 11.3 Å². The fourth-order valence-electron chi connectivity index (χ4n) is 4.16. The van der Waals surface area contributed by atoms with Gasteiger partial charge in [-0.2, -0.15) is 9.49 Å². The highest BCUT2D eigenvalue weighted by atomic mass is 32.1. The number of amides is 1. The molecule has 6 aromatic rings. The lowest BCUT2D eigenvalue weighted by Gasteiger charge is -2.08. The van der Waals surface area contributed by atoms with Crippen molar-refractivity contribution < 1.29 is 9.18 Å². The Kier molecular flexibility index (Phi) is 5.68. The Hall–Kier alpha value is -4.51. The van der Waals surface area contributed by atoms with Gasteiger partial charge in [-0.15, -0.1) is 11.3 Å². The van der Waals surface area contributed by atoms with Gasteiger partial charge in [-0.1, -0.05) is 13.8 Å². The summed E-state index contributed by atoms with van der Waals surface area (Å²) in [6.07, 6.45) is 7.18. The second-order valence-electron chi connectivity index (χ2n) is 9.05. The number of fused-ring (bicyclic) bond motifs is 2. The summed E-state index contributed by atoms with van der Waals surface area (Å²) in [6.45, 7) is 4.00. The second-order valence-corrected chi connectivity index (χ2v) is 10.1. The molecule has 6 heterocycles. The number of hydrogen-bond donors (Lipinski definition) is 3. The summed E-state index contributed by atoms with van der Waals surface area (Å²) in [4.78, 5) is 34.2. The molecule has 6 rings (SSSR count). The number of carbonyl (C=O) groups excluding carboxylic acids is 1. The van der Waals surface area contributed by atoms with Crippen molar-refractivity contribution >= 4 is 45.0 Å². The molecule has 0 spiro atoms. The number of imidazole rings is 1. The molecule has 37 heavy (non-hydrogen) atoms. The van der Waals surface area contributed by atoms with E-state index in [2.05, 4.69) is 35.5 Å². The predicted molar refractivity (Wildman–Crippen MR) is 141 cm³/mol. The Balaban J connectivity index is 1.38. The van der Waals surface area contributed by atoms with Gasteiger partial charge in [0.15, 0.2) is 16.6 Å². The highest BCUT2D eigenvalue weighted by Gasteiger charge is 2.18. The van der Waals surface area contributed by atoms with E-state index in [-0.39, 0.29) is 17.0 Å². The smallest absolute Gasteiger partial charge is 0.224 e. The molecule has 0 atom stereocenters. The normalized spacial score (nSPS) is 11.6. The van der Waals surface area contributed by atoms with Crippen LogP contribution in [0.25, 0.3) is 55.3 Å². The molecule has 11 heteroatoms. The first-order chi connectivity index (χ1) is 17.9. The lowest BCUT2D eigenvalue weighted by atomic mass is 10.1. The molecule has 0 fully saturated rings. The second kappa shape index (κ2) is 9.17. The zero-order valence-corrected chi connectivity index (χ0v) is 20.7. The van der Waals surface area contributed by atoms with E-state index >= 15 is 0 Å². The number of aromatic nitrogens is 7. The number of H-pyrrole nitrogens is 2. The van der Waals surface area contributed by atoms with E-state index in [0.29, 0.717) is 45.4 Å². The molecule has 0 aliphatic carbocycles. The first-order valence-electron chi connectivity index (χ1n) is 11.6. The lowest BCUT2D eigenvalue weighted by Crippen LogP contribution is -2.13. The predicted octanol–water partition coefficient (Wildman–Crippen LogP) is 5.81. The van der Waals surface area contributed by atoms with Crippen LogP contribution in [0, 0.1) is 11.0 Å². The van der Waals surface area contributed by atoms with Gasteiger partial charge in [-0.3, -0.25) is 19.9 Å². The molecule has 0 radical (unpaired) electrons. The SMILES string of the molecule is CC(C)CC(=O)Nc1cncc(-c2cnc3[nH]nc(-c4nc5c(-c6ccc(F)s6)nccc5[nH]4)c3c2)c1. The van der Waals surface area contributed by atoms with Crippen molar-refractivity contribution in [2.24, 2.45) is 5.92 Å². The van der Waals surface area contributed by atoms with Crippen molar-refractivity contribution in [1.82, 2.24) is 35.1 Å². The van der Waals surface area contributed by atoms with Gasteiger partial charge in [0.05, 0.1) is 27.7 Å². The maximum Gasteiger partial charge on any atom is 0.224 e. The number of rotatable bonds is 6. The summed E-state index contributed by atoms with van der Waals surface area (Å²) in [6, 6.07) is 8.76. The molecule has 9 nitrogen and oxygen atoms in total. The van der Waals surface area contributed by atoms with Gasteiger partial charge >= 0.3 is 0 Å². The Bertz CT molecular complexity index is 1770. The summed E-state index contributed by atoms with van der Waals surface area (Å²) in [5, 5.41) is 10.8. The van der Waals surface area contributed by atoms with Gasteiger partial charge < -0.3 is 10.3 Å². The third-order valence-electron chi connectivity index (χ3n) is 5.80. The highest BCUT2D eigenvalue weighted by molar-refractivity contribution is 7.13. The van der Waals surface area contributed by atoms with E-state index in [4.69, 9.17) is 4.98 Å². The molecule has 0 aliphatic rings. The van der Waals surface area contributed by atoms with Gasteiger partial charge in [-0.05, 0) is 36.2 Å². The third-order valence-corrected chi connectivity index (χ3v) is 6.68. The van der Waals surface area contributed by atoms with Crippen molar-refractivity contribution in [3.63, 3.8) is 0 Å². The van der Waals surface area contributed by atoms with Gasteiger partial charge in [0, 0.05) is 36.1 Å². The maximum absolute atomic E-state index is 13.6. The number of nitrogens with one attached hydrogen (secondary N) is 3. The van der Waals surface area contributed by atoms with Gasteiger partial charge in [0.1, 0.15) is 16.9 Å². The van der Waals surface area contributed by atoms with Crippen LogP contribution in [0.2, 0.25) is 0 Å². The van der Waals surface area contributed by atoms with Crippen LogP contribution < -0.4 is 5.32 Å². The molecule has 0 saturated carbocycles. The lowest BCUT2D eigenvalue weighted by molar-refractivity contribution is -0.116. The van der Waals surface area contributed by atoms with Gasteiger partial charge in [-0.25, -0.2) is 9.97 Å². The average Bonchev–Trinajstić information content (AvgIpc) is 3.60. The largest absolute Gasteiger partial charge is 0.336 e. The van der Waals surface area contributed by atoms with Crippen molar-refractivity contribution in [1.29, 1.82) is 0 Å². The molecule has 0 aliphatic heterocycles. The molecule has 3 N–H and O–H groups in total. The fourth-order valence-corrected chi connectivity index (χ4v) is 4.89. The van der Waals surface area contributed by atoms with Crippen LogP contribution in [0.15, 0.2) is 55.1 Å². The standard InChI is InChI=1S/C26H21FN8OS/c1-13(2)7-21(36)31-16-8-14(10-28-12-16)15-9-17-22(34-35-25(17)30-11-15)26-32-18-5-6-29-24(23(18)33-26)19-3-4-20(27)37-19/h3-6,8-13H,7H2,1-2H3,(H,31,36)(H,32,33)(H,30,34,35). The Labute approximate surface area is 214 Å². The molecule has 0 bridgehead atoms. The average molecular weight is 513 g/mol. The summed E-state index contributed by atoms with van der Waals surface area (Å²) in [7, 11) is 0. The maximum atomic E-state index is 13.6. The van der Waals surface area contributed by atoms with E-state index in [0.717, 1.165) is 33.4 Å². The number of thiophene rings is 1. The van der Waals surface area contributed by atoms with Crippen molar-refractivity contribution in [2.75, 3.05) is 5.32 Å². The number of pyridine rings is 3. The highest BCUT2D eigenvalue weighted by Crippen LogP contribution is 2.33. The van der Waals surface area contributed by atoms with Crippen molar-refractivity contribution in [3.8, 4) is 33.2 Å². The van der Waals surface area contributed by atoms with E-state index in [1.54, 1.807) is 30.9 Å². The number of nitrogens with zero attached hydrogens (tertiary/aromatic N) is 5. The quantitative estimate of drug-likeness (QED) is 0.259. The molecule has 0 aromatic carbocycles. The summed E-state index contributed by atoms with van der Waals surface area (Å²) in [5.41, 5.74) is 5.45. The molecule has 184 valence electrons. The van der Waals surface area contributed by atoms with E-state index in [1.807, 2.05) is 32.0 Å². The molecular formula is C26H21FN8OS. The molecule has 0 saturated heterocycles. The van der Waals surface area contributed by atoms with Crippen molar-refractivity contribution in [2.45, 2.75) is 20.3 Å². The minimum Gasteiger partial charge on any atom is -0.336 e. The molecular weight excluding hydrogens is 491 g/mol. The molecule has 1 amide bonds. The van der Waals surface area contributed by atoms with E-state index in [1.165, 1.54) is 6.07 Å². The van der Waals surface area contributed by atoms with Crippen LogP contribution in [0.5, 0.6) is 0 Å². The fraction of sp³-hybridized carbons (Fsp3) is 0.154. The number of halogens is 1. The van der Waals surface area contributed by atoms with Gasteiger partial charge in [0.25, 0.3) is 0 Å². The Morgan fingerprint density at radius 3 is 2.76 bits per heavy atom. The molecule has 0 unspecified atom stereocenters. The zero-order chi connectivity index (χ0) is 25.5. The van der Waals surface area contributed by atoms with E-state index in [9.17, 15) is 9.18 Å². The summed E-state index contributed by atoms with van der Waals surface area (Å²) in [5.74, 6) is 0.752. The number of hydrogen-bond acceptors (Lipinski definition) is 7. The van der Waals surface area contributed by atoms with Crippen LogP contribution in [-0.4, -0.2) is 41.0 Å². The minimum absolute atomic E-state index is 0.0521. The Morgan fingerprint density at radius 1 is 1.08 bits per heavy atom. The van der Waals surface area contributed by atoms with Crippen LogP contribution in [0.1, 0.15) is 20.3 Å². The van der Waals surface area contributed by atoms with E-state index < -0.39 is 0 Å². The summed E-state index contributed by atoms with van der Waals surface area (Å²) < 4.78 is 13.6. The monoisotopic (exact) mass is 512 g/mol. The topological polar surface area (TPSA) is 125 Å². The number of anilines is 1. The van der Waals surface area contributed by atoms with Crippen LogP contribution in [0.3, 0.4) is 0 Å². The first kappa shape index (κ1) is 22.9.